The summed E-state index contributed by atoms with van der Waals surface area (Å²) in [5.41, 5.74) is 0. The van der Waals surface area contributed by atoms with Crippen LogP contribution < -0.4 is 5.32 Å². The zero-order valence-corrected chi connectivity index (χ0v) is 15.2. The predicted molar refractivity (Wildman–Crippen MR) is 93.0 cm³/mol. The van der Waals surface area contributed by atoms with Crippen LogP contribution in [0.15, 0.2) is 0 Å². The maximum atomic E-state index is 12.8. The normalized spacial score (nSPS) is 26.9. The minimum Gasteiger partial charge on any atom is -0.381 e. The molecule has 2 N–H and O–H groups in total. The molecule has 2 atom stereocenters. The third kappa shape index (κ3) is 3.90. The molecule has 2 saturated heterocycles. The molecule has 0 bridgehead atoms. The van der Waals surface area contributed by atoms with Gasteiger partial charge in [0.15, 0.2) is 5.82 Å². The molecule has 2 aliphatic heterocycles. The van der Waals surface area contributed by atoms with Crippen molar-refractivity contribution in [2.24, 2.45) is 11.8 Å². The van der Waals surface area contributed by atoms with Crippen LogP contribution in [0.2, 0.25) is 0 Å². The Morgan fingerprint density at radius 1 is 1.27 bits per heavy atom. The molecule has 1 aromatic rings. The predicted octanol–water partition coefficient (Wildman–Crippen LogP) is 1.10. The summed E-state index contributed by atoms with van der Waals surface area (Å²) in [6.45, 7) is 3.69. The van der Waals surface area contributed by atoms with Crippen molar-refractivity contribution < 1.29 is 14.3 Å². The molecule has 2 amide bonds. The highest BCUT2D eigenvalue weighted by Crippen LogP contribution is 2.36. The van der Waals surface area contributed by atoms with E-state index in [1.54, 1.807) is 0 Å². The summed E-state index contributed by atoms with van der Waals surface area (Å²) >= 11 is 0. The van der Waals surface area contributed by atoms with Gasteiger partial charge in [0, 0.05) is 38.1 Å². The number of aromatic nitrogens is 3. The van der Waals surface area contributed by atoms with Crippen LogP contribution in [0.25, 0.3) is 0 Å². The van der Waals surface area contributed by atoms with Crippen molar-refractivity contribution in [2.75, 3.05) is 19.8 Å². The number of amides is 2. The molecule has 3 heterocycles. The molecule has 4 rings (SSSR count). The van der Waals surface area contributed by atoms with Gasteiger partial charge in [0.05, 0.1) is 6.04 Å². The van der Waals surface area contributed by atoms with Crippen molar-refractivity contribution in [2.45, 2.75) is 57.5 Å². The monoisotopic (exact) mass is 361 g/mol. The van der Waals surface area contributed by atoms with E-state index in [9.17, 15) is 9.59 Å². The van der Waals surface area contributed by atoms with Crippen molar-refractivity contribution in [3.8, 4) is 0 Å². The number of aryl methyl sites for hydroxylation is 1. The van der Waals surface area contributed by atoms with Gasteiger partial charge in [-0.25, -0.2) is 4.98 Å². The van der Waals surface area contributed by atoms with E-state index in [-0.39, 0.29) is 29.8 Å². The molecule has 1 aromatic heterocycles. The number of carbonyl (C=O) groups excluding carboxylic acids is 2. The molecular formula is C18H27N5O3. The van der Waals surface area contributed by atoms with Crippen molar-refractivity contribution >= 4 is 11.8 Å². The standard InChI is InChI=1S/C18H27N5O3/c1-11-19-17(22-21-11)15-9-14(10-23(15)16(24)8-12-2-3-12)20-18(25)13-4-6-26-7-5-13/h12-15H,2-10H2,1H3,(H,20,25)(H,19,21,22)/t14-,15-/m0/s1. The van der Waals surface area contributed by atoms with Crippen molar-refractivity contribution in [3.63, 3.8) is 0 Å². The SMILES string of the molecule is Cc1nc([C@@H]2C[C@H](NC(=O)C3CCOCC3)CN2C(=O)CC2CC2)n[nH]1. The highest BCUT2D eigenvalue weighted by molar-refractivity contribution is 5.80. The lowest BCUT2D eigenvalue weighted by molar-refractivity contribution is -0.133. The van der Waals surface area contributed by atoms with E-state index in [1.165, 1.54) is 0 Å². The maximum Gasteiger partial charge on any atom is 0.223 e. The van der Waals surface area contributed by atoms with E-state index in [1.807, 2.05) is 11.8 Å². The van der Waals surface area contributed by atoms with Crippen LogP contribution >= 0.6 is 0 Å². The van der Waals surface area contributed by atoms with Crippen LogP contribution in [-0.2, 0) is 14.3 Å². The van der Waals surface area contributed by atoms with E-state index >= 15 is 0 Å². The number of H-pyrrole nitrogens is 1. The third-order valence-electron chi connectivity index (χ3n) is 5.63. The first kappa shape index (κ1) is 17.5. The Hall–Kier alpha value is -1.96. The van der Waals surface area contributed by atoms with Crippen LogP contribution in [0.5, 0.6) is 0 Å². The van der Waals surface area contributed by atoms with Gasteiger partial charge >= 0.3 is 0 Å². The first-order valence-corrected chi connectivity index (χ1v) is 9.66. The van der Waals surface area contributed by atoms with Gasteiger partial charge in [0.25, 0.3) is 0 Å². The van der Waals surface area contributed by atoms with E-state index < -0.39 is 0 Å². The summed E-state index contributed by atoms with van der Waals surface area (Å²) in [7, 11) is 0. The molecule has 8 heteroatoms. The molecule has 3 fully saturated rings. The van der Waals surface area contributed by atoms with Crippen molar-refractivity contribution in [3.05, 3.63) is 11.6 Å². The van der Waals surface area contributed by atoms with E-state index in [2.05, 4.69) is 20.5 Å². The fraction of sp³-hybridized carbons (Fsp3) is 0.778. The van der Waals surface area contributed by atoms with E-state index in [0.717, 1.165) is 31.5 Å². The van der Waals surface area contributed by atoms with Crippen LogP contribution in [0.4, 0.5) is 0 Å². The number of likely N-dealkylation sites (tertiary alicyclic amines) is 1. The maximum absolute atomic E-state index is 12.8. The number of nitrogens with zero attached hydrogens (tertiary/aromatic N) is 3. The third-order valence-corrected chi connectivity index (χ3v) is 5.63. The molecule has 0 spiro atoms. The molecule has 26 heavy (non-hydrogen) atoms. The zero-order chi connectivity index (χ0) is 18.1. The Labute approximate surface area is 153 Å². The Morgan fingerprint density at radius 3 is 2.69 bits per heavy atom. The summed E-state index contributed by atoms with van der Waals surface area (Å²) in [5.74, 6) is 2.18. The number of nitrogens with one attached hydrogen (secondary N) is 2. The number of rotatable bonds is 5. The van der Waals surface area contributed by atoms with Crippen molar-refractivity contribution in [1.82, 2.24) is 25.4 Å². The van der Waals surface area contributed by atoms with Crippen molar-refractivity contribution in [1.29, 1.82) is 0 Å². The Morgan fingerprint density at radius 2 is 2.04 bits per heavy atom. The van der Waals surface area contributed by atoms with Gasteiger partial charge in [0.2, 0.25) is 11.8 Å². The van der Waals surface area contributed by atoms with E-state index in [4.69, 9.17) is 4.74 Å². The molecule has 1 aliphatic carbocycles. The minimum atomic E-state index is -0.161. The number of hydrogen-bond acceptors (Lipinski definition) is 5. The molecule has 0 radical (unpaired) electrons. The van der Waals surface area contributed by atoms with Crippen LogP contribution in [0, 0.1) is 18.8 Å². The quantitative estimate of drug-likeness (QED) is 0.818. The first-order chi connectivity index (χ1) is 12.6. The van der Waals surface area contributed by atoms with Gasteiger partial charge in [-0.2, -0.15) is 5.10 Å². The second-order valence-corrected chi connectivity index (χ2v) is 7.82. The molecular weight excluding hydrogens is 334 g/mol. The van der Waals surface area contributed by atoms with Gasteiger partial charge in [-0.1, -0.05) is 0 Å². The fourth-order valence-corrected chi connectivity index (χ4v) is 3.93. The molecule has 0 unspecified atom stereocenters. The Kier molecular flexibility index (Phi) is 4.93. The Balaban J connectivity index is 1.43. The zero-order valence-electron chi connectivity index (χ0n) is 15.2. The minimum absolute atomic E-state index is 0.0177. The average Bonchev–Trinajstić information content (AvgIpc) is 3.18. The van der Waals surface area contributed by atoms with Gasteiger partial charge < -0.3 is 15.0 Å². The lowest BCUT2D eigenvalue weighted by Gasteiger charge is -2.24. The van der Waals surface area contributed by atoms with Crippen LogP contribution in [0.3, 0.4) is 0 Å². The number of carbonyl (C=O) groups is 2. The molecule has 142 valence electrons. The number of hydrogen-bond donors (Lipinski definition) is 2. The number of aromatic amines is 1. The molecule has 8 nitrogen and oxygen atoms in total. The summed E-state index contributed by atoms with van der Waals surface area (Å²) in [4.78, 5) is 31.6. The fourth-order valence-electron chi connectivity index (χ4n) is 3.93. The summed E-state index contributed by atoms with van der Waals surface area (Å²) in [5, 5.41) is 10.3. The molecule has 1 saturated carbocycles. The highest BCUT2D eigenvalue weighted by Gasteiger charge is 2.40. The van der Waals surface area contributed by atoms with Gasteiger partial charge in [-0.05, 0) is 44.9 Å². The van der Waals surface area contributed by atoms with Crippen LogP contribution in [0.1, 0.15) is 56.2 Å². The summed E-state index contributed by atoms with van der Waals surface area (Å²) < 4.78 is 5.34. The lowest BCUT2D eigenvalue weighted by Crippen LogP contribution is -2.42. The Bertz CT molecular complexity index is 666. The second kappa shape index (κ2) is 7.34. The number of ether oxygens (including phenoxy) is 1. The summed E-state index contributed by atoms with van der Waals surface area (Å²) in [6.07, 6.45) is 5.10. The molecule has 3 aliphatic rings. The average molecular weight is 361 g/mol. The topological polar surface area (TPSA) is 100 Å². The van der Waals surface area contributed by atoms with Gasteiger partial charge in [-0.3, -0.25) is 14.7 Å². The van der Waals surface area contributed by atoms with E-state index in [0.29, 0.717) is 44.3 Å². The smallest absolute Gasteiger partial charge is 0.223 e. The van der Waals surface area contributed by atoms with Crippen LogP contribution in [-0.4, -0.2) is 57.7 Å². The largest absolute Gasteiger partial charge is 0.381 e. The van der Waals surface area contributed by atoms with Gasteiger partial charge in [0.1, 0.15) is 5.82 Å². The second-order valence-electron chi connectivity index (χ2n) is 7.82. The van der Waals surface area contributed by atoms with Gasteiger partial charge in [-0.15, -0.1) is 0 Å². The summed E-state index contributed by atoms with van der Waals surface area (Å²) in [6, 6.07) is -0.205. The lowest BCUT2D eigenvalue weighted by atomic mass is 9.99. The molecule has 0 aromatic carbocycles. The highest BCUT2D eigenvalue weighted by atomic mass is 16.5. The first-order valence-electron chi connectivity index (χ1n) is 9.66.